The normalized spacial score (nSPS) is 11.3. The van der Waals surface area contributed by atoms with Gasteiger partial charge in [-0.25, -0.2) is 4.79 Å². The van der Waals surface area contributed by atoms with E-state index in [2.05, 4.69) is 4.74 Å². The molecule has 0 saturated heterocycles. The van der Waals surface area contributed by atoms with Crippen LogP contribution in [-0.2, 0) is 11.3 Å². The van der Waals surface area contributed by atoms with Crippen molar-refractivity contribution in [3.8, 4) is 0 Å². The average Bonchev–Trinajstić information content (AvgIpc) is 2.19. The minimum absolute atomic E-state index is 0.0873. The van der Waals surface area contributed by atoms with Gasteiger partial charge in [0.25, 0.3) is 5.56 Å². The number of pyridine rings is 1. The number of nitrogens with zero attached hydrogens (tertiary/aromatic N) is 1. The molecule has 0 saturated carbocycles. The summed E-state index contributed by atoms with van der Waals surface area (Å²) in [6.45, 7) is 0.250. The Morgan fingerprint density at radius 1 is 1.41 bits per heavy atom. The topological polar surface area (TPSA) is 48.3 Å². The standard InChI is InChI=1S/C10H10F3NO3/c1-2-17-9(16)7-3-4-8(15)14(5-7)6-10(11,12)13/h3-5H,2,6H2,1H3. The third-order valence-corrected chi connectivity index (χ3v) is 1.84. The van der Waals surface area contributed by atoms with Crippen molar-refractivity contribution in [2.24, 2.45) is 0 Å². The van der Waals surface area contributed by atoms with Gasteiger partial charge in [-0.1, -0.05) is 0 Å². The number of carbonyl (C=O) groups excluding carboxylic acids is 1. The van der Waals surface area contributed by atoms with E-state index in [1.54, 1.807) is 6.92 Å². The molecular weight excluding hydrogens is 239 g/mol. The van der Waals surface area contributed by atoms with Crippen LogP contribution in [0.5, 0.6) is 0 Å². The molecule has 0 radical (unpaired) electrons. The number of ether oxygens (including phenoxy) is 1. The highest BCUT2D eigenvalue weighted by Gasteiger charge is 2.28. The molecule has 0 bridgehead atoms. The van der Waals surface area contributed by atoms with E-state index in [9.17, 15) is 22.8 Å². The van der Waals surface area contributed by atoms with Crippen molar-refractivity contribution in [2.75, 3.05) is 6.61 Å². The lowest BCUT2D eigenvalue weighted by Crippen LogP contribution is -2.28. The van der Waals surface area contributed by atoms with E-state index in [-0.39, 0.29) is 12.2 Å². The van der Waals surface area contributed by atoms with E-state index < -0.39 is 24.2 Å². The van der Waals surface area contributed by atoms with Crippen LogP contribution < -0.4 is 5.56 Å². The monoisotopic (exact) mass is 249 g/mol. The van der Waals surface area contributed by atoms with Gasteiger partial charge in [-0.2, -0.15) is 13.2 Å². The van der Waals surface area contributed by atoms with E-state index in [4.69, 9.17) is 0 Å². The van der Waals surface area contributed by atoms with Gasteiger partial charge in [0.2, 0.25) is 0 Å². The lowest BCUT2D eigenvalue weighted by atomic mass is 10.3. The first-order chi connectivity index (χ1) is 7.83. The number of rotatable bonds is 3. The van der Waals surface area contributed by atoms with Gasteiger partial charge in [-0.3, -0.25) is 4.79 Å². The summed E-state index contributed by atoms with van der Waals surface area (Å²) in [7, 11) is 0. The fourth-order valence-electron chi connectivity index (χ4n) is 1.18. The Labute approximate surface area is 94.6 Å². The van der Waals surface area contributed by atoms with Crippen LogP contribution in [0.1, 0.15) is 17.3 Å². The number of hydrogen-bond donors (Lipinski definition) is 0. The maximum atomic E-state index is 12.1. The molecule has 0 aliphatic carbocycles. The Kier molecular flexibility index (Phi) is 3.93. The van der Waals surface area contributed by atoms with Gasteiger partial charge in [-0.05, 0) is 13.0 Å². The molecule has 1 rings (SSSR count). The third kappa shape index (κ3) is 3.93. The van der Waals surface area contributed by atoms with Gasteiger partial charge in [0.05, 0.1) is 12.2 Å². The SMILES string of the molecule is CCOC(=O)c1ccc(=O)n(CC(F)(F)F)c1. The van der Waals surface area contributed by atoms with Crippen molar-refractivity contribution in [2.45, 2.75) is 19.6 Å². The van der Waals surface area contributed by atoms with Crippen molar-refractivity contribution >= 4 is 5.97 Å². The van der Waals surface area contributed by atoms with E-state index in [1.165, 1.54) is 0 Å². The second-order valence-electron chi connectivity index (χ2n) is 3.22. The van der Waals surface area contributed by atoms with Crippen molar-refractivity contribution in [1.29, 1.82) is 0 Å². The Morgan fingerprint density at radius 3 is 2.59 bits per heavy atom. The van der Waals surface area contributed by atoms with Crippen molar-refractivity contribution < 1.29 is 22.7 Å². The van der Waals surface area contributed by atoms with Gasteiger partial charge in [0.15, 0.2) is 0 Å². The summed E-state index contributed by atoms with van der Waals surface area (Å²) in [5.74, 6) is -0.761. The summed E-state index contributed by atoms with van der Waals surface area (Å²) in [6, 6.07) is 2.03. The molecule has 0 N–H and O–H groups in total. The fraction of sp³-hybridized carbons (Fsp3) is 0.400. The van der Waals surface area contributed by atoms with Crippen LogP contribution in [0.4, 0.5) is 13.2 Å². The number of esters is 1. The van der Waals surface area contributed by atoms with Crippen molar-refractivity contribution in [1.82, 2.24) is 4.57 Å². The second kappa shape index (κ2) is 5.03. The Morgan fingerprint density at radius 2 is 2.06 bits per heavy atom. The molecule has 7 heteroatoms. The minimum Gasteiger partial charge on any atom is -0.462 e. The lowest BCUT2D eigenvalue weighted by molar-refractivity contribution is -0.141. The molecule has 0 amide bonds. The summed E-state index contributed by atoms with van der Waals surface area (Å²) in [5, 5.41) is 0. The lowest BCUT2D eigenvalue weighted by Gasteiger charge is -2.10. The predicted octanol–water partition coefficient (Wildman–Crippen LogP) is 1.59. The first-order valence-electron chi connectivity index (χ1n) is 4.78. The molecule has 0 unspecified atom stereocenters. The van der Waals surface area contributed by atoms with Crippen LogP contribution in [0, 0.1) is 0 Å². The van der Waals surface area contributed by atoms with Gasteiger partial charge >= 0.3 is 12.1 Å². The molecule has 4 nitrogen and oxygen atoms in total. The molecule has 1 heterocycles. The van der Waals surface area contributed by atoms with E-state index in [0.29, 0.717) is 4.57 Å². The number of hydrogen-bond acceptors (Lipinski definition) is 3. The van der Waals surface area contributed by atoms with Gasteiger partial charge in [-0.15, -0.1) is 0 Å². The molecule has 0 aromatic carbocycles. The molecule has 0 atom stereocenters. The largest absolute Gasteiger partial charge is 0.462 e. The van der Waals surface area contributed by atoms with Crippen LogP contribution in [0.25, 0.3) is 0 Å². The zero-order valence-corrected chi connectivity index (χ0v) is 8.95. The van der Waals surface area contributed by atoms with Crippen LogP contribution in [-0.4, -0.2) is 23.3 Å². The van der Waals surface area contributed by atoms with E-state index >= 15 is 0 Å². The molecule has 94 valence electrons. The predicted molar refractivity (Wildman–Crippen MR) is 52.7 cm³/mol. The Hall–Kier alpha value is -1.79. The zero-order valence-electron chi connectivity index (χ0n) is 8.95. The van der Waals surface area contributed by atoms with E-state index in [0.717, 1.165) is 18.3 Å². The summed E-state index contributed by atoms with van der Waals surface area (Å²) < 4.78 is 41.4. The molecule has 0 aliphatic rings. The third-order valence-electron chi connectivity index (χ3n) is 1.84. The number of aromatic nitrogens is 1. The van der Waals surface area contributed by atoms with E-state index in [1.807, 2.05) is 0 Å². The Bertz CT molecular complexity index is 465. The second-order valence-corrected chi connectivity index (χ2v) is 3.22. The molecule has 0 aliphatic heterocycles. The summed E-state index contributed by atoms with van der Waals surface area (Å²) in [5.41, 5.74) is -0.911. The zero-order chi connectivity index (χ0) is 13.1. The van der Waals surface area contributed by atoms with Gasteiger partial charge in [0, 0.05) is 12.3 Å². The van der Waals surface area contributed by atoms with Crippen LogP contribution >= 0.6 is 0 Å². The molecule has 0 spiro atoms. The summed E-state index contributed by atoms with van der Waals surface area (Å²) in [6.07, 6.45) is -3.68. The van der Waals surface area contributed by atoms with Crippen molar-refractivity contribution in [3.05, 3.63) is 34.2 Å². The highest BCUT2D eigenvalue weighted by molar-refractivity contribution is 5.88. The van der Waals surface area contributed by atoms with Crippen LogP contribution in [0.2, 0.25) is 0 Å². The summed E-state index contributed by atoms with van der Waals surface area (Å²) >= 11 is 0. The maximum absolute atomic E-state index is 12.1. The molecule has 17 heavy (non-hydrogen) atoms. The maximum Gasteiger partial charge on any atom is 0.406 e. The van der Waals surface area contributed by atoms with Crippen molar-refractivity contribution in [3.63, 3.8) is 0 Å². The highest BCUT2D eigenvalue weighted by Crippen LogP contribution is 2.16. The smallest absolute Gasteiger partial charge is 0.406 e. The summed E-state index contributed by atoms with van der Waals surface area (Å²) in [4.78, 5) is 22.4. The van der Waals surface area contributed by atoms with Gasteiger partial charge < -0.3 is 9.30 Å². The first-order valence-corrected chi connectivity index (χ1v) is 4.78. The number of halogens is 3. The quantitative estimate of drug-likeness (QED) is 0.764. The molecule has 1 aromatic rings. The first kappa shape index (κ1) is 13.3. The van der Waals surface area contributed by atoms with Crippen LogP contribution in [0.3, 0.4) is 0 Å². The number of alkyl halides is 3. The molecule has 1 aromatic heterocycles. The van der Waals surface area contributed by atoms with Gasteiger partial charge in [0.1, 0.15) is 6.54 Å². The molecule has 0 fully saturated rings. The highest BCUT2D eigenvalue weighted by atomic mass is 19.4. The average molecular weight is 249 g/mol. The molecular formula is C10H10F3NO3. The number of carbonyl (C=O) groups is 1. The minimum atomic E-state index is -4.52. The van der Waals surface area contributed by atoms with Crippen LogP contribution in [0.15, 0.2) is 23.1 Å². The Balaban J connectivity index is 3.02. The fourth-order valence-corrected chi connectivity index (χ4v) is 1.18.